The van der Waals surface area contributed by atoms with Crippen molar-refractivity contribution in [3.63, 3.8) is 0 Å². The quantitative estimate of drug-likeness (QED) is 0.658. The van der Waals surface area contributed by atoms with Crippen molar-refractivity contribution in [3.8, 4) is 0 Å². The first-order valence-electron chi connectivity index (χ1n) is 6.42. The highest BCUT2D eigenvalue weighted by molar-refractivity contribution is 6.30. The second kappa shape index (κ2) is 6.32. The number of hydrogen-bond donors (Lipinski definition) is 2. The number of halogens is 1. The number of benzene rings is 1. The molecule has 1 saturated carbocycles. The second-order valence-electron chi connectivity index (χ2n) is 4.87. The Morgan fingerprint density at radius 2 is 2.16 bits per heavy atom. The number of nitro groups is 1. The highest BCUT2D eigenvalue weighted by Crippen LogP contribution is 2.24. The molecule has 6 heteroatoms. The molecule has 1 aliphatic rings. The van der Waals surface area contributed by atoms with E-state index >= 15 is 0 Å². The fraction of sp³-hybridized carbons (Fsp3) is 0.538. The van der Waals surface area contributed by atoms with Crippen LogP contribution < -0.4 is 5.32 Å². The fourth-order valence-electron chi connectivity index (χ4n) is 2.45. The molecule has 0 spiro atoms. The Kier molecular flexibility index (Phi) is 4.74. The van der Waals surface area contributed by atoms with Crippen molar-refractivity contribution in [2.24, 2.45) is 0 Å². The monoisotopic (exact) mass is 284 g/mol. The van der Waals surface area contributed by atoms with E-state index in [4.69, 9.17) is 11.6 Å². The van der Waals surface area contributed by atoms with E-state index in [1.807, 2.05) is 0 Å². The minimum atomic E-state index is -0.430. The number of rotatable bonds is 4. The number of nitrogens with one attached hydrogen (secondary N) is 1. The lowest BCUT2D eigenvalue weighted by molar-refractivity contribution is -0.385. The highest BCUT2D eigenvalue weighted by Gasteiger charge is 2.23. The van der Waals surface area contributed by atoms with E-state index in [2.05, 4.69) is 5.32 Å². The molecule has 0 bridgehead atoms. The summed E-state index contributed by atoms with van der Waals surface area (Å²) in [7, 11) is 0. The van der Waals surface area contributed by atoms with Crippen LogP contribution >= 0.6 is 11.6 Å². The lowest BCUT2D eigenvalue weighted by atomic mass is 9.92. The first-order chi connectivity index (χ1) is 9.08. The normalized spacial score (nSPS) is 23.3. The summed E-state index contributed by atoms with van der Waals surface area (Å²) in [6.07, 6.45) is 3.46. The van der Waals surface area contributed by atoms with Gasteiger partial charge in [0.05, 0.1) is 11.0 Å². The molecule has 1 aromatic rings. The van der Waals surface area contributed by atoms with Crippen LogP contribution in [-0.4, -0.2) is 22.2 Å². The maximum atomic E-state index is 11.0. The van der Waals surface area contributed by atoms with Crippen molar-refractivity contribution in [1.82, 2.24) is 5.32 Å². The first kappa shape index (κ1) is 14.2. The number of nitrogens with zero attached hydrogens (tertiary/aromatic N) is 1. The Bertz CT molecular complexity index is 467. The van der Waals surface area contributed by atoms with E-state index in [0.29, 0.717) is 17.1 Å². The van der Waals surface area contributed by atoms with E-state index in [1.165, 1.54) is 6.07 Å². The van der Waals surface area contributed by atoms with E-state index in [9.17, 15) is 15.2 Å². The van der Waals surface area contributed by atoms with E-state index in [0.717, 1.165) is 25.7 Å². The zero-order chi connectivity index (χ0) is 13.8. The molecular formula is C13H17ClN2O3. The third-order valence-corrected chi connectivity index (χ3v) is 3.76. The number of nitro benzene ring substituents is 1. The Morgan fingerprint density at radius 3 is 2.84 bits per heavy atom. The summed E-state index contributed by atoms with van der Waals surface area (Å²) in [5.41, 5.74) is 0.609. The van der Waals surface area contributed by atoms with Crippen molar-refractivity contribution >= 4 is 17.3 Å². The predicted octanol–water partition coefficient (Wildman–Crippen LogP) is 2.64. The van der Waals surface area contributed by atoms with Gasteiger partial charge in [-0.25, -0.2) is 0 Å². The van der Waals surface area contributed by atoms with Gasteiger partial charge in [0.2, 0.25) is 0 Å². The summed E-state index contributed by atoms with van der Waals surface area (Å²) in [5, 5.41) is 24.4. The Hall–Kier alpha value is -1.17. The van der Waals surface area contributed by atoms with Crippen LogP contribution in [0.15, 0.2) is 18.2 Å². The molecule has 1 aromatic carbocycles. The predicted molar refractivity (Wildman–Crippen MR) is 73.2 cm³/mol. The van der Waals surface area contributed by atoms with Gasteiger partial charge in [0.1, 0.15) is 0 Å². The summed E-state index contributed by atoms with van der Waals surface area (Å²) >= 11 is 5.77. The Labute approximate surface area is 116 Å². The van der Waals surface area contributed by atoms with Gasteiger partial charge in [0, 0.05) is 29.2 Å². The van der Waals surface area contributed by atoms with Crippen molar-refractivity contribution < 1.29 is 10.0 Å². The Morgan fingerprint density at radius 1 is 1.42 bits per heavy atom. The standard InChI is InChI=1S/C13H17ClN2O3/c14-10-6-5-9(12(7-10)16(18)19)8-15-11-3-1-2-4-13(11)17/h5-7,11,13,15,17H,1-4,8H2. The molecule has 2 rings (SSSR count). The molecule has 0 aromatic heterocycles. The van der Waals surface area contributed by atoms with Gasteiger partial charge in [-0.05, 0) is 25.0 Å². The lowest BCUT2D eigenvalue weighted by Gasteiger charge is -2.28. The Balaban J connectivity index is 2.04. The maximum Gasteiger partial charge on any atom is 0.275 e. The van der Waals surface area contributed by atoms with Crippen molar-refractivity contribution in [2.75, 3.05) is 0 Å². The second-order valence-corrected chi connectivity index (χ2v) is 5.31. The molecule has 2 atom stereocenters. The molecule has 1 aliphatic carbocycles. The zero-order valence-electron chi connectivity index (χ0n) is 10.5. The minimum absolute atomic E-state index is 0.0176. The van der Waals surface area contributed by atoms with Crippen LogP contribution in [0.5, 0.6) is 0 Å². The number of hydrogen-bond acceptors (Lipinski definition) is 4. The van der Waals surface area contributed by atoms with Gasteiger partial charge >= 0.3 is 0 Å². The molecule has 0 amide bonds. The van der Waals surface area contributed by atoms with Crippen molar-refractivity contribution in [2.45, 2.75) is 44.4 Å². The van der Waals surface area contributed by atoms with Gasteiger partial charge < -0.3 is 10.4 Å². The number of aliphatic hydroxyl groups excluding tert-OH is 1. The van der Waals surface area contributed by atoms with Crippen molar-refractivity contribution in [3.05, 3.63) is 38.9 Å². The van der Waals surface area contributed by atoms with Gasteiger partial charge in [-0.1, -0.05) is 24.4 Å². The molecule has 5 nitrogen and oxygen atoms in total. The summed E-state index contributed by atoms with van der Waals surface area (Å²) in [6.45, 7) is 0.370. The molecular weight excluding hydrogens is 268 g/mol. The average molecular weight is 285 g/mol. The average Bonchev–Trinajstić information content (AvgIpc) is 2.38. The molecule has 104 valence electrons. The van der Waals surface area contributed by atoms with E-state index in [-0.39, 0.29) is 17.8 Å². The van der Waals surface area contributed by atoms with Crippen LogP contribution in [0, 0.1) is 10.1 Å². The van der Waals surface area contributed by atoms with Gasteiger partial charge in [0.15, 0.2) is 0 Å². The van der Waals surface area contributed by atoms with Gasteiger partial charge in [-0.3, -0.25) is 10.1 Å². The highest BCUT2D eigenvalue weighted by atomic mass is 35.5. The molecule has 19 heavy (non-hydrogen) atoms. The fourth-order valence-corrected chi connectivity index (χ4v) is 2.61. The third-order valence-electron chi connectivity index (χ3n) is 3.53. The summed E-state index contributed by atoms with van der Waals surface area (Å²) in [4.78, 5) is 10.5. The van der Waals surface area contributed by atoms with Gasteiger partial charge in [0.25, 0.3) is 5.69 Å². The van der Waals surface area contributed by atoms with Gasteiger partial charge in [-0.15, -0.1) is 0 Å². The first-order valence-corrected chi connectivity index (χ1v) is 6.80. The molecule has 0 saturated heterocycles. The molecule has 0 aliphatic heterocycles. The SMILES string of the molecule is O=[N+]([O-])c1cc(Cl)ccc1CNC1CCCCC1O. The molecule has 2 unspecified atom stereocenters. The summed E-state index contributed by atoms with van der Waals surface area (Å²) < 4.78 is 0. The van der Waals surface area contributed by atoms with Crippen molar-refractivity contribution in [1.29, 1.82) is 0 Å². The molecule has 2 N–H and O–H groups in total. The number of aliphatic hydroxyl groups is 1. The van der Waals surface area contributed by atoms with Crippen LogP contribution in [0.25, 0.3) is 0 Å². The summed E-state index contributed by atoms with van der Waals surface area (Å²) in [6, 6.07) is 4.67. The van der Waals surface area contributed by atoms with Crippen LogP contribution in [0.3, 0.4) is 0 Å². The largest absolute Gasteiger partial charge is 0.392 e. The summed E-state index contributed by atoms with van der Waals surface area (Å²) in [5.74, 6) is 0. The topological polar surface area (TPSA) is 75.4 Å². The smallest absolute Gasteiger partial charge is 0.275 e. The van der Waals surface area contributed by atoms with Crippen LogP contribution in [-0.2, 0) is 6.54 Å². The van der Waals surface area contributed by atoms with Crippen LogP contribution in [0.1, 0.15) is 31.2 Å². The molecule has 0 radical (unpaired) electrons. The zero-order valence-corrected chi connectivity index (χ0v) is 11.3. The van der Waals surface area contributed by atoms with Gasteiger partial charge in [-0.2, -0.15) is 0 Å². The third kappa shape index (κ3) is 3.65. The van der Waals surface area contributed by atoms with E-state index in [1.54, 1.807) is 12.1 Å². The van der Waals surface area contributed by atoms with Crippen LogP contribution in [0.4, 0.5) is 5.69 Å². The maximum absolute atomic E-state index is 11.0. The molecule has 0 heterocycles. The molecule has 1 fully saturated rings. The van der Waals surface area contributed by atoms with Crippen LogP contribution in [0.2, 0.25) is 5.02 Å². The van der Waals surface area contributed by atoms with E-state index < -0.39 is 4.92 Å². The minimum Gasteiger partial charge on any atom is -0.392 e. The lowest BCUT2D eigenvalue weighted by Crippen LogP contribution is -2.41.